The minimum atomic E-state index is -0.630. The van der Waals surface area contributed by atoms with Crippen molar-refractivity contribution < 1.29 is 19.1 Å². The van der Waals surface area contributed by atoms with Crippen molar-refractivity contribution in [3.8, 4) is 11.5 Å². The number of nitrogens with one attached hydrogen (secondary N) is 1. The first kappa shape index (κ1) is 17.6. The van der Waals surface area contributed by atoms with E-state index in [4.69, 9.17) is 26.8 Å². The lowest BCUT2D eigenvalue weighted by molar-refractivity contribution is 0.0998. The van der Waals surface area contributed by atoms with Crippen LogP contribution in [0.4, 0.5) is 5.69 Å². The van der Waals surface area contributed by atoms with Crippen LogP contribution in [0.25, 0.3) is 0 Å². The Balaban J connectivity index is 2.22. The Kier molecular flexibility index (Phi) is 5.65. The van der Waals surface area contributed by atoms with Crippen molar-refractivity contribution in [2.24, 2.45) is 5.73 Å². The molecule has 0 saturated carbocycles. The van der Waals surface area contributed by atoms with Crippen molar-refractivity contribution >= 4 is 29.1 Å². The second-order valence-corrected chi connectivity index (χ2v) is 5.22. The summed E-state index contributed by atoms with van der Waals surface area (Å²) in [6, 6.07) is 9.35. The number of primary amides is 1. The van der Waals surface area contributed by atoms with Crippen LogP contribution < -0.4 is 20.5 Å². The molecule has 0 fully saturated rings. The molecule has 126 valence electrons. The number of nitrogens with two attached hydrogens (primary N) is 1. The normalized spacial score (nSPS) is 10.1. The summed E-state index contributed by atoms with van der Waals surface area (Å²) in [5.41, 5.74) is 6.23. The van der Waals surface area contributed by atoms with Crippen LogP contribution in [0.15, 0.2) is 36.4 Å². The van der Waals surface area contributed by atoms with E-state index >= 15 is 0 Å². The summed E-state index contributed by atoms with van der Waals surface area (Å²) in [5.74, 6) is 0.0490. The molecule has 0 saturated heterocycles. The monoisotopic (exact) mass is 348 g/mol. The number of hydrogen-bond donors (Lipinski definition) is 2. The quantitative estimate of drug-likeness (QED) is 0.839. The van der Waals surface area contributed by atoms with Gasteiger partial charge in [0.2, 0.25) is 5.91 Å². The number of ether oxygens (including phenoxy) is 2. The van der Waals surface area contributed by atoms with Gasteiger partial charge in [-0.2, -0.15) is 0 Å². The molecule has 0 aliphatic carbocycles. The summed E-state index contributed by atoms with van der Waals surface area (Å²) in [6.07, 6.45) is 0. The van der Waals surface area contributed by atoms with Crippen LogP contribution >= 0.6 is 11.6 Å². The lowest BCUT2D eigenvalue weighted by Crippen LogP contribution is -2.14. The molecule has 0 unspecified atom stereocenters. The summed E-state index contributed by atoms with van der Waals surface area (Å²) < 4.78 is 10.6. The summed E-state index contributed by atoms with van der Waals surface area (Å²) in [7, 11) is 1.53. The maximum absolute atomic E-state index is 12.4. The highest BCUT2D eigenvalue weighted by atomic mass is 35.5. The third kappa shape index (κ3) is 3.97. The van der Waals surface area contributed by atoms with Gasteiger partial charge in [-0.3, -0.25) is 9.59 Å². The van der Waals surface area contributed by atoms with Gasteiger partial charge in [-0.05, 0) is 43.3 Å². The Bertz CT molecular complexity index is 777. The molecule has 7 heteroatoms. The van der Waals surface area contributed by atoms with Gasteiger partial charge in [-0.15, -0.1) is 0 Å². The molecule has 2 rings (SSSR count). The largest absolute Gasteiger partial charge is 0.493 e. The van der Waals surface area contributed by atoms with Gasteiger partial charge in [-0.1, -0.05) is 11.6 Å². The average Bonchev–Trinajstić information content (AvgIpc) is 2.54. The molecular formula is C17H17ClN2O4. The number of amides is 2. The highest BCUT2D eigenvalue weighted by Gasteiger charge is 2.13. The molecule has 0 heterocycles. The topological polar surface area (TPSA) is 90.6 Å². The highest BCUT2D eigenvalue weighted by molar-refractivity contribution is 6.34. The second-order valence-electron chi connectivity index (χ2n) is 4.81. The first-order valence-electron chi connectivity index (χ1n) is 7.17. The van der Waals surface area contributed by atoms with E-state index < -0.39 is 5.91 Å². The molecule has 0 atom stereocenters. The van der Waals surface area contributed by atoms with Gasteiger partial charge in [-0.25, -0.2) is 0 Å². The molecule has 0 aliphatic heterocycles. The molecule has 2 aromatic carbocycles. The zero-order valence-corrected chi connectivity index (χ0v) is 14.0. The minimum Gasteiger partial charge on any atom is -0.493 e. The minimum absolute atomic E-state index is 0.171. The predicted octanol–water partition coefficient (Wildman–Crippen LogP) is 3.10. The Labute approximate surface area is 144 Å². The second kappa shape index (κ2) is 7.70. The van der Waals surface area contributed by atoms with Gasteiger partial charge in [0.05, 0.1) is 24.3 Å². The van der Waals surface area contributed by atoms with Crippen molar-refractivity contribution in [2.75, 3.05) is 19.0 Å². The fourth-order valence-electron chi connectivity index (χ4n) is 2.08. The van der Waals surface area contributed by atoms with Gasteiger partial charge >= 0.3 is 0 Å². The Morgan fingerprint density at radius 2 is 1.92 bits per heavy atom. The standard InChI is InChI=1S/C17H17ClN2O4/c1-3-24-15-8-10(4-7-14(15)23-2)17(22)20-11-5-6-12(16(19)21)13(18)9-11/h4-9H,3H2,1-2H3,(H2,19,21)(H,20,22). The first-order chi connectivity index (χ1) is 11.5. The first-order valence-corrected chi connectivity index (χ1v) is 7.55. The van der Waals surface area contributed by atoms with E-state index in [-0.39, 0.29) is 16.5 Å². The van der Waals surface area contributed by atoms with Crippen LogP contribution in [0.3, 0.4) is 0 Å². The molecule has 0 aromatic heterocycles. The van der Waals surface area contributed by atoms with Crippen molar-refractivity contribution in [3.05, 3.63) is 52.5 Å². The van der Waals surface area contributed by atoms with E-state index in [0.29, 0.717) is 29.4 Å². The van der Waals surface area contributed by atoms with E-state index in [2.05, 4.69) is 5.32 Å². The third-order valence-corrected chi connectivity index (χ3v) is 3.53. The molecule has 2 aromatic rings. The van der Waals surface area contributed by atoms with Gasteiger partial charge in [0.1, 0.15) is 0 Å². The van der Waals surface area contributed by atoms with Crippen molar-refractivity contribution in [3.63, 3.8) is 0 Å². The van der Waals surface area contributed by atoms with Crippen LogP contribution in [0, 0.1) is 0 Å². The summed E-state index contributed by atoms with van der Waals surface area (Å²) in [6.45, 7) is 2.29. The molecule has 3 N–H and O–H groups in total. The predicted molar refractivity (Wildman–Crippen MR) is 92.1 cm³/mol. The smallest absolute Gasteiger partial charge is 0.255 e. The molecule has 2 amide bonds. The molecule has 0 spiro atoms. The van der Waals surface area contributed by atoms with E-state index in [1.165, 1.54) is 19.2 Å². The van der Waals surface area contributed by atoms with Gasteiger partial charge in [0.25, 0.3) is 5.91 Å². The summed E-state index contributed by atoms with van der Waals surface area (Å²) >= 11 is 5.97. The number of carbonyl (C=O) groups is 2. The number of anilines is 1. The highest BCUT2D eigenvalue weighted by Crippen LogP contribution is 2.28. The molecule has 0 radical (unpaired) electrons. The van der Waals surface area contributed by atoms with Crippen molar-refractivity contribution in [1.29, 1.82) is 0 Å². The third-order valence-electron chi connectivity index (χ3n) is 3.22. The molecule has 0 aliphatic rings. The lowest BCUT2D eigenvalue weighted by atomic mass is 10.1. The Morgan fingerprint density at radius 3 is 2.50 bits per heavy atom. The number of methoxy groups -OCH3 is 1. The van der Waals surface area contributed by atoms with E-state index in [0.717, 1.165) is 0 Å². The average molecular weight is 349 g/mol. The Morgan fingerprint density at radius 1 is 1.17 bits per heavy atom. The molecule has 24 heavy (non-hydrogen) atoms. The summed E-state index contributed by atoms with van der Waals surface area (Å²) in [4.78, 5) is 23.5. The van der Waals surface area contributed by atoms with Gasteiger partial charge in [0.15, 0.2) is 11.5 Å². The zero-order valence-electron chi connectivity index (χ0n) is 13.3. The lowest BCUT2D eigenvalue weighted by Gasteiger charge is -2.11. The fraction of sp³-hybridized carbons (Fsp3) is 0.176. The molecule has 6 nitrogen and oxygen atoms in total. The molecular weight excluding hydrogens is 332 g/mol. The SMILES string of the molecule is CCOc1cc(C(=O)Nc2ccc(C(N)=O)c(Cl)c2)ccc1OC. The van der Waals surface area contributed by atoms with E-state index in [1.807, 2.05) is 6.92 Å². The van der Waals surface area contributed by atoms with E-state index in [9.17, 15) is 9.59 Å². The number of carbonyl (C=O) groups excluding carboxylic acids is 2. The Hall–Kier alpha value is -2.73. The van der Waals surface area contributed by atoms with Crippen LogP contribution in [-0.4, -0.2) is 25.5 Å². The zero-order chi connectivity index (χ0) is 17.7. The fourth-order valence-corrected chi connectivity index (χ4v) is 2.36. The van der Waals surface area contributed by atoms with Gasteiger partial charge < -0.3 is 20.5 Å². The van der Waals surface area contributed by atoms with Crippen molar-refractivity contribution in [1.82, 2.24) is 0 Å². The van der Waals surface area contributed by atoms with Crippen LogP contribution in [0.1, 0.15) is 27.6 Å². The van der Waals surface area contributed by atoms with E-state index in [1.54, 1.807) is 24.3 Å². The van der Waals surface area contributed by atoms with Gasteiger partial charge in [0, 0.05) is 11.3 Å². The van der Waals surface area contributed by atoms with Crippen LogP contribution in [-0.2, 0) is 0 Å². The maximum atomic E-state index is 12.4. The number of rotatable bonds is 6. The molecule has 0 bridgehead atoms. The van der Waals surface area contributed by atoms with Crippen molar-refractivity contribution in [2.45, 2.75) is 6.92 Å². The number of hydrogen-bond acceptors (Lipinski definition) is 4. The van der Waals surface area contributed by atoms with Crippen LogP contribution in [0.2, 0.25) is 5.02 Å². The number of benzene rings is 2. The number of halogens is 1. The maximum Gasteiger partial charge on any atom is 0.255 e. The summed E-state index contributed by atoms with van der Waals surface area (Å²) in [5, 5.41) is 2.87. The van der Waals surface area contributed by atoms with Crippen LogP contribution in [0.5, 0.6) is 11.5 Å².